The van der Waals surface area contributed by atoms with Crippen molar-refractivity contribution in [3.05, 3.63) is 5.82 Å². The zero-order valence-corrected chi connectivity index (χ0v) is 10.4. The molecule has 1 aromatic rings. The number of nitrogens with zero attached hydrogens (tertiary/aromatic N) is 4. The van der Waals surface area contributed by atoms with Crippen molar-refractivity contribution in [2.45, 2.75) is 44.1 Å². The highest BCUT2D eigenvalue weighted by molar-refractivity contribution is 7.84. The molecular formula is C9H17N5OS. The largest absolute Gasteiger partial charge is 0.307 e. The van der Waals surface area contributed by atoms with Crippen LogP contribution in [0.15, 0.2) is 0 Å². The molecule has 1 aliphatic rings. The standard InChI is InChI=1S/C9H17N5OS/c1-7(16(2)15)6-14-9(11-12-13-14)5-10-8-3-4-8/h7-8,10H,3-6H2,1-2H3. The van der Waals surface area contributed by atoms with Gasteiger partial charge < -0.3 is 5.32 Å². The van der Waals surface area contributed by atoms with Gasteiger partial charge >= 0.3 is 0 Å². The first-order chi connectivity index (χ1) is 7.66. The van der Waals surface area contributed by atoms with Gasteiger partial charge in [-0.15, -0.1) is 5.10 Å². The third-order valence-electron chi connectivity index (χ3n) is 2.73. The third kappa shape index (κ3) is 3.08. The molecule has 0 amide bonds. The van der Waals surface area contributed by atoms with E-state index >= 15 is 0 Å². The molecule has 0 bridgehead atoms. The van der Waals surface area contributed by atoms with Crippen LogP contribution in [0.2, 0.25) is 0 Å². The first-order valence-electron chi connectivity index (χ1n) is 5.47. The molecule has 1 saturated carbocycles. The van der Waals surface area contributed by atoms with E-state index in [1.54, 1.807) is 10.9 Å². The summed E-state index contributed by atoms with van der Waals surface area (Å²) in [5, 5.41) is 15.0. The van der Waals surface area contributed by atoms with Gasteiger partial charge in [-0.05, 0) is 30.2 Å². The fourth-order valence-corrected chi connectivity index (χ4v) is 1.71. The Bertz CT molecular complexity index is 376. The zero-order chi connectivity index (χ0) is 11.5. The van der Waals surface area contributed by atoms with Crippen molar-refractivity contribution < 1.29 is 4.21 Å². The van der Waals surface area contributed by atoms with Crippen LogP contribution >= 0.6 is 0 Å². The Kier molecular flexibility index (Phi) is 3.65. The highest BCUT2D eigenvalue weighted by Gasteiger charge is 2.21. The highest BCUT2D eigenvalue weighted by atomic mass is 32.2. The Morgan fingerprint density at radius 2 is 2.38 bits per heavy atom. The van der Waals surface area contributed by atoms with Gasteiger partial charge in [0.2, 0.25) is 0 Å². The van der Waals surface area contributed by atoms with Gasteiger partial charge in [0, 0.05) is 23.1 Å². The average molecular weight is 243 g/mol. The van der Waals surface area contributed by atoms with Crippen molar-refractivity contribution in [3.8, 4) is 0 Å². The lowest BCUT2D eigenvalue weighted by atomic mass is 10.4. The molecule has 0 spiro atoms. The van der Waals surface area contributed by atoms with Crippen LogP contribution < -0.4 is 5.32 Å². The van der Waals surface area contributed by atoms with Gasteiger partial charge in [0.15, 0.2) is 5.82 Å². The van der Waals surface area contributed by atoms with E-state index in [2.05, 4.69) is 20.8 Å². The minimum atomic E-state index is -0.840. The van der Waals surface area contributed by atoms with Crippen molar-refractivity contribution in [1.82, 2.24) is 25.5 Å². The van der Waals surface area contributed by atoms with E-state index in [1.807, 2.05) is 6.92 Å². The van der Waals surface area contributed by atoms with E-state index in [9.17, 15) is 4.21 Å². The predicted octanol–water partition coefficient (Wildman–Crippen LogP) is -0.308. The quantitative estimate of drug-likeness (QED) is 0.742. The first-order valence-corrected chi connectivity index (χ1v) is 7.09. The van der Waals surface area contributed by atoms with Gasteiger partial charge in [0.05, 0.1) is 18.3 Å². The fourth-order valence-electron chi connectivity index (χ4n) is 1.36. The van der Waals surface area contributed by atoms with Crippen LogP contribution in [0.25, 0.3) is 0 Å². The number of rotatable bonds is 6. The van der Waals surface area contributed by atoms with Gasteiger partial charge in [0.1, 0.15) is 0 Å². The summed E-state index contributed by atoms with van der Waals surface area (Å²) in [4.78, 5) is 0. The van der Waals surface area contributed by atoms with E-state index in [1.165, 1.54) is 12.8 Å². The van der Waals surface area contributed by atoms with E-state index < -0.39 is 10.8 Å². The molecular weight excluding hydrogens is 226 g/mol. The lowest BCUT2D eigenvalue weighted by Gasteiger charge is -2.09. The Hall–Kier alpha value is -0.820. The fraction of sp³-hybridized carbons (Fsp3) is 0.889. The molecule has 1 aromatic heterocycles. The first kappa shape index (κ1) is 11.7. The molecule has 1 N–H and O–H groups in total. The minimum Gasteiger partial charge on any atom is -0.307 e. The van der Waals surface area contributed by atoms with E-state index in [4.69, 9.17) is 0 Å². The van der Waals surface area contributed by atoms with Crippen LogP contribution in [0.1, 0.15) is 25.6 Å². The van der Waals surface area contributed by atoms with Gasteiger partial charge in [0.25, 0.3) is 0 Å². The lowest BCUT2D eigenvalue weighted by molar-refractivity contribution is 0.533. The van der Waals surface area contributed by atoms with Crippen LogP contribution in [-0.4, -0.2) is 42.0 Å². The molecule has 90 valence electrons. The maximum atomic E-state index is 11.3. The van der Waals surface area contributed by atoms with Crippen LogP contribution in [0.5, 0.6) is 0 Å². The topological polar surface area (TPSA) is 72.7 Å². The Balaban J connectivity index is 1.91. The molecule has 1 aliphatic carbocycles. The Morgan fingerprint density at radius 3 is 3.00 bits per heavy atom. The van der Waals surface area contributed by atoms with Gasteiger partial charge in [-0.2, -0.15) is 0 Å². The SMILES string of the molecule is CC(Cn1nnnc1CNC1CC1)S(C)=O. The summed E-state index contributed by atoms with van der Waals surface area (Å²) in [6.07, 6.45) is 4.20. The Labute approximate surface area is 97.3 Å². The molecule has 7 heteroatoms. The molecule has 1 fully saturated rings. The lowest BCUT2D eigenvalue weighted by Crippen LogP contribution is -2.24. The average Bonchev–Trinajstić information content (AvgIpc) is 2.97. The van der Waals surface area contributed by atoms with Crippen LogP contribution in [0.4, 0.5) is 0 Å². The molecule has 6 nitrogen and oxygen atoms in total. The number of aromatic nitrogens is 4. The summed E-state index contributed by atoms with van der Waals surface area (Å²) in [7, 11) is -0.840. The molecule has 0 aromatic carbocycles. The molecule has 0 aliphatic heterocycles. The monoisotopic (exact) mass is 243 g/mol. The summed E-state index contributed by atoms with van der Waals surface area (Å²) in [5.74, 6) is 0.823. The number of hydrogen-bond acceptors (Lipinski definition) is 5. The summed E-state index contributed by atoms with van der Waals surface area (Å²) in [6.45, 7) is 3.24. The summed E-state index contributed by atoms with van der Waals surface area (Å²) in [6, 6.07) is 0.642. The van der Waals surface area contributed by atoms with Crippen molar-refractivity contribution >= 4 is 10.8 Å². The molecule has 0 radical (unpaired) electrons. The molecule has 16 heavy (non-hydrogen) atoms. The predicted molar refractivity (Wildman–Crippen MR) is 61.2 cm³/mol. The van der Waals surface area contributed by atoms with Crippen LogP contribution in [-0.2, 0) is 23.9 Å². The third-order valence-corrected chi connectivity index (χ3v) is 4.01. The van der Waals surface area contributed by atoms with Gasteiger partial charge in [-0.3, -0.25) is 4.21 Å². The molecule has 1 heterocycles. The number of hydrogen-bond donors (Lipinski definition) is 1. The Morgan fingerprint density at radius 1 is 1.62 bits per heavy atom. The van der Waals surface area contributed by atoms with Crippen LogP contribution in [0, 0.1) is 0 Å². The van der Waals surface area contributed by atoms with E-state index in [0.717, 1.165) is 5.82 Å². The van der Waals surface area contributed by atoms with E-state index in [0.29, 0.717) is 19.1 Å². The van der Waals surface area contributed by atoms with Crippen molar-refractivity contribution in [1.29, 1.82) is 0 Å². The van der Waals surface area contributed by atoms with Crippen molar-refractivity contribution in [2.75, 3.05) is 6.26 Å². The normalized spacial score (nSPS) is 19.6. The van der Waals surface area contributed by atoms with Crippen LogP contribution in [0.3, 0.4) is 0 Å². The van der Waals surface area contributed by atoms with Crippen molar-refractivity contribution in [3.63, 3.8) is 0 Å². The molecule has 2 atom stereocenters. The van der Waals surface area contributed by atoms with Gasteiger partial charge in [-0.1, -0.05) is 0 Å². The highest BCUT2D eigenvalue weighted by Crippen LogP contribution is 2.18. The minimum absolute atomic E-state index is 0.0724. The number of tetrazole rings is 1. The number of nitrogens with one attached hydrogen (secondary N) is 1. The second-order valence-electron chi connectivity index (χ2n) is 4.24. The zero-order valence-electron chi connectivity index (χ0n) is 9.59. The van der Waals surface area contributed by atoms with E-state index in [-0.39, 0.29) is 5.25 Å². The summed E-state index contributed by atoms with van der Waals surface area (Å²) >= 11 is 0. The van der Waals surface area contributed by atoms with Gasteiger partial charge in [-0.25, -0.2) is 4.68 Å². The molecule has 0 saturated heterocycles. The maximum absolute atomic E-state index is 11.3. The second-order valence-corrected chi connectivity index (χ2v) is 6.04. The molecule has 2 unspecified atom stereocenters. The smallest absolute Gasteiger partial charge is 0.165 e. The maximum Gasteiger partial charge on any atom is 0.165 e. The second kappa shape index (κ2) is 5.01. The summed E-state index contributed by atoms with van der Waals surface area (Å²) < 4.78 is 13.0. The van der Waals surface area contributed by atoms with Crippen molar-refractivity contribution in [2.24, 2.45) is 0 Å². The summed E-state index contributed by atoms with van der Waals surface area (Å²) in [5.41, 5.74) is 0. The molecule has 2 rings (SSSR count).